The number of hydrogen-bond donors (Lipinski definition) is 2. The van der Waals surface area contributed by atoms with Gasteiger partial charge in [0.05, 0.1) is 18.4 Å². The van der Waals surface area contributed by atoms with E-state index in [1.165, 1.54) is 0 Å². The van der Waals surface area contributed by atoms with Gasteiger partial charge >= 0.3 is 0 Å². The molecule has 1 aromatic rings. The second-order valence-corrected chi connectivity index (χ2v) is 5.49. The summed E-state index contributed by atoms with van der Waals surface area (Å²) in [5.41, 5.74) is 5.96. The van der Waals surface area contributed by atoms with Gasteiger partial charge in [0.25, 0.3) is 6.47 Å². The molecule has 116 valence electrons. The third-order valence-corrected chi connectivity index (χ3v) is 2.57. The summed E-state index contributed by atoms with van der Waals surface area (Å²) in [6, 6.07) is 3.51. The van der Waals surface area contributed by atoms with Crippen molar-refractivity contribution in [2.24, 2.45) is 0 Å². The van der Waals surface area contributed by atoms with Gasteiger partial charge in [0.2, 0.25) is 5.91 Å². The lowest BCUT2D eigenvalue weighted by Crippen LogP contribution is -2.48. The molecule has 0 aliphatic carbocycles. The molecular formula is C14H22N4O3. The van der Waals surface area contributed by atoms with Crippen LogP contribution in [0.3, 0.4) is 0 Å². The van der Waals surface area contributed by atoms with E-state index in [1.807, 2.05) is 26.8 Å². The number of piperazine rings is 1. The number of nitrogens with two attached hydrogens (primary N) is 1. The van der Waals surface area contributed by atoms with Crippen molar-refractivity contribution >= 4 is 23.9 Å². The fraction of sp³-hybridized carbons (Fsp3) is 0.500. The Kier molecular flexibility index (Phi) is 6.10. The molecule has 2 heterocycles. The Morgan fingerprint density at radius 3 is 2.57 bits per heavy atom. The maximum absolute atomic E-state index is 11.5. The van der Waals surface area contributed by atoms with Gasteiger partial charge in [0.1, 0.15) is 11.4 Å². The first-order valence-corrected chi connectivity index (χ1v) is 6.67. The molecule has 0 unspecified atom stereocenters. The quantitative estimate of drug-likeness (QED) is 0.773. The number of aromatic nitrogens is 1. The Balaban J connectivity index is 0.000000270. The molecule has 0 radical (unpaired) electrons. The van der Waals surface area contributed by atoms with Crippen molar-refractivity contribution < 1.29 is 14.3 Å². The van der Waals surface area contributed by atoms with Gasteiger partial charge in [-0.2, -0.15) is 0 Å². The summed E-state index contributed by atoms with van der Waals surface area (Å²) in [6.45, 7) is 7.81. The van der Waals surface area contributed by atoms with E-state index in [4.69, 9.17) is 5.73 Å². The summed E-state index contributed by atoms with van der Waals surface area (Å²) < 4.78 is 4.55. The number of carbonyl (C=O) groups is 2. The predicted molar refractivity (Wildman–Crippen MR) is 80.8 cm³/mol. The molecule has 1 saturated heterocycles. The average molecular weight is 294 g/mol. The summed E-state index contributed by atoms with van der Waals surface area (Å²) >= 11 is 0. The maximum Gasteiger partial charge on any atom is 0.293 e. The zero-order valence-corrected chi connectivity index (χ0v) is 12.6. The topological polar surface area (TPSA) is 97.5 Å². The number of ether oxygens (including phenoxy) is 1. The van der Waals surface area contributed by atoms with Crippen LogP contribution in [0.5, 0.6) is 0 Å². The molecule has 3 N–H and O–H groups in total. The number of nitrogens with zero attached hydrogens (tertiary/aromatic N) is 2. The van der Waals surface area contributed by atoms with Gasteiger partial charge in [0.15, 0.2) is 0 Å². The molecule has 1 fully saturated rings. The smallest absolute Gasteiger partial charge is 0.293 e. The summed E-state index contributed by atoms with van der Waals surface area (Å²) in [5, 5.41) is 3.01. The molecule has 1 aliphatic rings. The second kappa shape index (κ2) is 7.58. The van der Waals surface area contributed by atoms with Crippen LogP contribution >= 0.6 is 0 Å². The second-order valence-electron chi connectivity index (χ2n) is 5.49. The van der Waals surface area contributed by atoms with Gasteiger partial charge in [-0.05, 0) is 32.9 Å². The monoisotopic (exact) mass is 294 g/mol. The van der Waals surface area contributed by atoms with Gasteiger partial charge in [-0.15, -0.1) is 0 Å². The number of nitrogen functional groups attached to an aromatic ring is 1. The van der Waals surface area contributed by atoms with Crippen LogP contribution in [0.4, 0.5) is 11.5 Å². The predicted octanol–water partition coefficient (Wildman–Crippen LogP) is 0.558. The van der Waals surface area contributed by atoms with Crippen molar-refractivity contribution in [3.8, 4) is 0 Å². The number of carbonyl (C=O) groups excluding carboxylic acids is 2. The molecule has 0 atom stereocenters. The van der Waals surface area contributed by atoms with Gasteiger partial charge in [-0.25, -0.2) is 4.98 Å². The summed E-state index contributed by atoms with van der Waals surface area (Å²) in [6.07, 6.45) is 1.62. The molecule has 0 spiro atoms. The minimum Gasteiger partial charge on any atom is -0.462 e. The Labute approximate surface area is 124 Å². The van der Waals surface area contributed by atoms with Crippen molar-refractivity contribution in [2.45, 2.75) is 26.4 Å². The normalized spacial score (nSPS) is 15.0. The number of amides is 1. The first-order chi connectivity index (χ1) is 9.83. The third-order valence-electron chi connectivity index (χ3n) is 2.57. The van der Waals surface area contributed by atoms with Crippen LogP contribution in [0.1, 0.15) is 20.8 Å². The fourth-order valence-corrected chi connectivity index (χ4v) is 1.58. The standard InChI is InChI=1S/C9H12N4O.C5H10O2/c10-8-2-1-7(5-12-8)13-4-3-11-6-9(13)14;1-5(2,3)7-4-6/h1-2,5,11H,3-4,6H2,(H2,10,12);4H,1-3H3. The van der Waals surface area contributed by atoms with Gasteiger partial charge in [-0.3, -0.25) is 9.59 Å². The van der Waals surface area contributed by atoms with Crippen LogP contribution in [0.2, 0.25) is 0 Å². The minimum absolute atomic E-state index is 0.0721. The van der Waals surface area contributed by atoms with Crippen molar-refractivity contribution in [1.29, 1.82) is 0 Å². The third kappa shape index (κ3) is 6.22. The SMILES string of the molecule is CC(C)(C)OC=O.Nc1ccc(N2CCNCC2=O)cn1. The highest BCUT2D eigenvalue weighted by molar-refractivity contribution is 5.95. The van der Waals surface area contributed by atoms with Crippen molar-refractivity contribution in [3.63, 3.8) is 0 Å². The molecule has 7 nitrogen and oxygen atoms in total. The highest BCUT2D eigenvalue weighted by Gasteiger charge is 2.18. The fourth-order valence-electron chi connectivity index (χ4n) is 1.58. The molecule has 0 saturated carbocycles. The number of pyridine rings is 1. The van der Waals surface area contributed by atoms with Crippen molar-refractivity contribution in [2.75, 3.05) is 30.3 Å². The minimum atomic E-state index is -0.318. The van der Waals surface area contributed by atoms with Crippen LogP contribution in [-0.4, -0.2) is 42.6 Å². The molecule has 1 aromatic heterocycles. The van der Waals surface area contributed by atoms with E-state index in [9.17, 15) is 9.59 Å². The number of nitrogens with one attached hydrogen (secondary N) is 1. The molecule has 1 aliphatic heterocycles. The molecule has 0 bridgehead atoms. The van der Waals surface area contributed by atoms with E-state index >= 15 is 0 Å². The van der Waals surface area contributed by atoms with E-state index < -0.39 is 0 Å². The van der Waals surface area contributed by atoms with Crippen LogP contribution < -0.4 is 16.0 Å². The first-order valence-electron chi connectivity index (χ1n) is 6.67. The molecule has 21 heavy (non-hydrogen) atoms. The Morgan fingerprint density at radius 2 is 2.14 bits per heavy atom. The van der Waals surface area contributed by atoms with Gasteiger partial charge in [0, 0.05) is 13.1 Å². The lowest BCUT2D eigenvalue weighted by Gasteiger charge is -2.27. The largest absolute Gasteiger partial charge is 0.462 e. The van der Waals surface area contributed by atoms with E-state index in [-0.39, 0.29) is 11.5 Å². The molecule has 7 heteroatoms. The van der Waals surface area contributed by atoms with Crippen LogP contribution in [0.15, 0.2) is 18.3 Å². The summed E-state index contributed by atoms with van der Waals surface area (Å²) in [4.78, 5) is 26.7. The van der Waals surface area contributed by atoms with Gasteiger partial charge in [-0.1, -0.05) is 0 Å². The Hall–Kier alpha value is -2.15. The summed E-state index contributed by atoms with van der Waals surface area (Å²) in [7, 11) is 0. The Bertz CT molecular complexity index is 468. The lowest BCUT2D eigenvalue weighted by atomic mass is 10.2. The van der Waals surface area contributed by atoms with Crippen molar-refractivity contribution in [3.05, 3.63) is 18.3 Å². The van der Waals surface area contributed by atoms with E-state index in [0.29, 0.717) is 25.4 Å². The zero-order chi connectivity index (χ0) is 15.9. The van der Waals surface area contributed by atoms with Crippen LogP contribution in [0.25, 0.3) is 0 Å². The van der Waals surface area contributed by atoms with Crippen LogP contribution in [-0.2, 0) is 14.3 Å². The number of anilines is 2. The first kappa shape index (κ1) is 16.9. The Morgan fingerprint density at radius 1 is 1.43 bits per heavy atom. The average Bonchev–Trinajstić information content (AvgIpc) is 2.40. The summed E-state index contributed by atoms with van der Waals surface area (Å²) in [5.74, 6) is 0.541. The molecular weight excluding hydrogens is 272 g/mol. The van der Waals surface area contributed by atoms with E-state index in [1.54, 1.807) is 17.2 Å². The lowest BCUT2D eigenvalue weighted by molar-refractivity contribution is -0.138. The maximum atomic E-state index is 11.5. The number of rotatable bonds is 2. The highest BCUT2D eigenvalue weighted by Crippen LogP contribution is 2.14. The van der Waals surface area contributed by atoms with E-state index in [0.717, 1.165) is 12.2 Å². The molecule has 1 amide bonds. The molecule has 0 aromatic carbocycles. The number of hydrogen-bond acceptors (Lipinski definition) is 6. The molecule has 2 rings (SSSR count). The van der Waals surface area contributed by atoms with Crippen LogP contribution in [0, 0.1) is 0 Å². The van der Waals surface area contributed by atoms with E-state index in [2.05, 4.69) is 15.0 Å². The van der Waals surface area contributed by atoms with Crippen molar-refractivity contribution in [1.82, 2.24) is 10.3 Å². The zero-order valence-electron chi connectivity index (χ0n) is 12.6. The van der Waals surface area contributed by atoms with Gasteiger partial charge < -0.3 is 20.7 Å². The highest BCUT2D eigenvalue weighted by atomic mass is 16.5.